The monoisotopic (exact) mass is 388 g/mol. The van der Waals surface area contributed by atoms with Gasteiger partial charge in [0.1, 0.15) is 17.4 Å². The number of hydrogen-bond donors (Lipinski definition) is 0. The van der Waals surface area contributed by atoms with Gasteiger partial charge in [0.25, 0.3) is 5.69 Å². The van der Waals surface area contributed by atoms with Gasteiger partial charge in [-0.25, -0.2) is 4.98 Å². The number of aromatic nitrogens is 1. The third kappa shape index (κ3) is 5.00. The Morgan fingerprint density at radius 3 is 2.63 bits per heavy atom. The summed E-state index contributed by atoms with van der Waals surface area (Å²) in [5, 5.41) is 11.9. The average Bonchev–Trinajstić information content (AvgIpc) is 3.11. The highest BCUT2D eigenvalue weighted by Crippen LogP contribution is 2.37. The second-order valence-electron chi connectivity index (χ2n) is 5.58. The molecule has 0 amide bonds. The van der Waals surface area contributed by atoms with Gasteiger partial charge < -0.3 is 14.2 Å². The molecule has 142 valence electrons. The predicted molar refractivity (Wildman–Crippen MR) is 105 cm³/mol. The number of hydrogen-bond acceptors (Lipinski definition) is 7. The van der Waals surface area contributed by atoms with E-state index >= 15 is 0 Å². The molecule has 0 aliphatic heterocycles. The minimum absolute atomic E-state index is 0.0212. The van der Waals surface area contributed by atoms with Crippen LogP contribution < -0.4 is 4.74 Å². The van der Waals surface area contributed by atoms with Gasteiger partial charge in [0, 0.05) is 12.7 Å². The second-order valence-corrected chi connectivity index (χ2v) is 6.61. The topological polar surface area (TPSA) is 83.7 Å². The fraction of sp³-hybridized carbons (Fsp3) is 0.316. The molecule has 0 saturated heterocycles. The molecule has 3 aromatic rings. The quantitative estimate of drug-likeness (QED) is 0.292. The van der Waals surface area contributed by atoms with Crippen molar-refractivity contribution in [2.45, 2.75) is 6.92 Å². The zero-order valence-electron chi connectivity index (χ0n) is 14.9. The number of thiazole rings is 1. The van der Waals surface area contributed by atoms with Crippen LogP contribution in [0.2, 0.25) is 0 Å². The normalized spacial score (nSPS) is 11.0. The van der Waals surface area contributed by atoms with Gasteiger partial charge in [0.2, 0.25) is 0 Å². The lowest BCUT2D eigenvalue weighted by Crippen LogP contribution is -2.11. The molecule has 0 fully saturated rings. The Balaban J connectivity index is 1.75. The molecule has 27 heavy (non-hydrogen) atoms. The van der Waals surface area contributed by atoms with Crippen LogP contribution in [0.25, 0.3) is 20.8 Å². The van der Waals surface area contributed by atoms with Crippen molar-refractivity contribution < 1.29 is 19.1 Å². The Bertz CT molecular complexity index is 879. The third-order valence-corrected chi connectivity index (χ3v) is 4.83. The van der Waals surface area contributed by atoms with Crippen LogP contribution in [0.1, 0.15) is 6.92 Å². The molecule has 0 spiro atoms. The first-order valence-electron chi connectivity index (χ1n) is 8.61. The largest absolute Gasteiger partial charge is 0.490 e. The van der Waals surface area contributed by atoms with Gasteiger partial charge in [-0.3, -0.25) is 10.1 Å². The molecule has 0 saturated carbocycles. The Hall–Kier alpha value is -2.55. The molecule has 2 aromatic carbocycles. The first-order chi connectivity index (χ1) is 13.2. The fourth-order valence-corrected chi connectivity index (χ4v) is 3.48. The predicted octanol–water partition coefficient (Wildman–Crippen LogP) is 4.30. The first kappa shape index (κ1) is 19.2. The number of fused-ring (bicyclic) bond motifs is 1. The van der Waals surface area contributed by atoms with E-state index in [9.17, 15) is 10.1 Å². The van der Waals surface area contributed by atoms with Crippen LogP contribution in [0, 0.1) is 10.1 Å². The number of rotatable bonds is 10. The summed E-state index contributed by atoms with van der Waals surface area (Å²) in [4.78, 5) is 15.3. The smallest absolute Gasteiger partial charge is 0.273 e. The molecule has 3 rings (SSSR count). The molecule has 0 atom stereocenters. The van der Waals surface area contributed by atoms with Gasteiger partial charge in [0.15, 0.2) is 0 Å². The van der Waals surface area contributed by atoms with E-state index in [0.29, 0.717) is 32.2 Å². The van der Waals surface area contributed by atoms with Crippen molar-refractivity contribution in [2.75, 3.05) is 33.0 Å². The van der Waals surface area contributed by atoms with Gasteiger partial charge in [-0.15, -0.1) is 11.3 Å². The van der Waals surface area contributed by atoms with E-state index in [0.717, 1.165) is 20.8 Å². The van der Waals surface area contributed by atoms with Gasteiger partial charge in [0.05, 0.1) is 46.6 Å². The van der Waals surface area contributed by atoms with E-state index in [1.807, 2.05) is 31.2 Å². The van der Waals surface area contributed by atoms with Crippen LogP contribution >= 0.6 is 11.3 Å². The van der Waals surface area contributed by atoms with Crippen molar-refractivity contribution >= 4 is 27.2 Å². The van der Waals surface area contributed by atoms with Crippen molar-refractivity contribution in [1.82, 2.24) is 4.98 Å². The molecule has 0 aliphatic carbocycles. The minimum atomic E-state index is -0.437. The molecule has 0 radical (unpaired) electrons. The van der Waals surface area contributed by atoms with Crippen molar-refractivity contribution in [3.8, 4) is 16.3 Å². The molecule has 0 bridgehead atoms. The molecule has 0 aliphatic rings. The van der Waals surface area contributed by atoms with Crippen LogP contribution in [-0.4, -0.2) is 42.9 Å². The van der Waals surface area contributed by atoms with E-state index in [2.05, 4.69) is 4.98 Å². The zero-order chi connectivity index (χ0) is 19.1. The van der Waals surface area contributed by atoms with E-state index in [1.54, 1.807) is 6.07 Å². The van der Waals surface area contributed by atoms with Crippen LogP contribution in [0.5, 0.6) is 5.75 Å². The van der Waals surface area contributed by atoms with E-state index in [1.165, 1.54) is 23.5 Å². The number of para-hydroxylation sites is 1. The maximum absolute atomic E-state index is 11.1. The number of nitro groups is 1. The lowest BCUT2D eigenvalue weighted by Gasteiger charge is -2.10. The van der Waals surface area contributed by atoms with E-state index in [-0.39, 0.29) is 12.3 Å². The SMILES string of the molecule is CCOCCOCCOc1cc([N+](=O)[O-])ccc1-c1nc2ccccc2s1. The summed E-state index contributed by atoms with van der Waals surface area (Å²) in [6.45, 7) is 4.25. The highest BCUT2D eigenvalue weighted by atomic mass is 32.1. The average molecular weight is 388 g/mol. The lowest BCUT2D eigenvalue weighted by molar-refractivity contribution is -0.384. The number of ether oxygens (including phenoxy) is 3. The Labute approximate surface area is 160 Å². The Morgan fingerprint density at radius 2 is 1.85 bits per heavy atom. The van der Waals surface area contributed by atoms with Gasteiger partial charge in [-0.2, -0.15) is 0 Å². The third-order valence-electron chi connectivity index (χ3n) is 3.76. The maximum atomic E-state index is 11.1. The lowest BCUT2D eigenvalue weighted by atomic mass is 10.2. The number of non-ortho nitro benzene ring substituents is 1. The molecular weight excluding hydrogens is 368 g/mol. The summed E-state index contributed by atoms with van der Waals surface area (Å²) >= 11 is 1.52. The van der Waals surface area contributed by atoms with Crippen LogP contribution in [0.3, 0.4) is 0 Å². The zero-order valence-corrected chi connectivity index (χ0v) is 15.7. The summed E-state index contributed by atoms with van der Waals surface area (Å²) in [5.41, 5.74) is 1.60. The van der Waals surface area contributed by atoms with Crippen LogP contribution in [-0.2, 0) is 9.47 Å². The van der Waals surface area contributed by atoms with Gasteiger partial charge >= 0.3 is 0 Å². The van der Waals surface area contributed by atoms with Gasteiger partial charge in [-0.1, -0.05) is 12.1 Å². The molecule has 1 heterocycles. The summed E-state index contributed by atoms with van der Waals surface area (Å²) in [6, 6.07) is 12.4. The second kappa shape index (κ2) is 9.40. The Morgan fingerprint density at radius 1 is 1.07 bits per heavy atom. The van der Waals surface area contributed by atoms with Crippen LogP contribution in [0.4, 0.5) is 5.69 Å². The number of benzene rings is 2. The highest BCUT2D eigenvalue weighted by Gasteiger charge is 2.16. The number of nitro benzene ring substituents is 1. The minimum Gasteiger partial charge on any atom is -0.490 e. The molecule has 7 nitrogen and oxygen atoms in total. The molecular formula is C19H20N2O5S. The molecule has 0 unspecified atom stereocenters. The summed E-state index contributed by atoms with van der Waals surface area (Å²) in [6.07, 6.45) is 0. The van der Waals surface area contributed by atoms with Crippen molar-refractivity contribution in [3.05, 3.63) is 52.6 Å². The first-order valence-corrected chi connectivity index (χ1v) is 9.43. The standard InChI is InChI=1S/C19H20N2O5S/c1-2-24-9-10-25-11-12-26-17-13-14(21(22)23)7-8-15(17)19-20-16-5-3-4-6-18(16)27-19/h3-8,13H,2,9-12H2,1H3. The summed E-state index contributed by atoms with van der Waals surface area (Å²) < 4.78 is 17.5. The van der Waals surface area contributed by atoms with Crippen molar-refractivity contribution in [1.29, 1.82) is 0 Å². The summed E-state index contributed by atoms with van der Waals surface area (Å²) in [5.74, 6) is 0.427. The fourth-order valence-electron chi connectivity index (χ4n) is 2.48. The van der Waals surface area contributed by atoms with Crippen molar-refractivity contribution in [2.24, 2.45) is 0 Å². The highest BCUT2D eigenvalue weighted by molar-refractivity contribution is 7.21. The Kier molecular flexibility index (Phi) is 6.69. The van der Waals surface area contributed by atoms with Gasteiger partial charge in [-0.05, 0) is 25.1 Å². The molecule has 8 heteroatoms. The van der Waals surface area contributed by atoms with E-state index < -0.39 is 4.92 Å². The molecule has 0 N–H and O–H groups in total. The maximum Gasteiger partial charge on any atom is 0.273 e. The molecule has 1 aromatic heterocycles. The van der Waals surface area contributed by atoms with Crippen LogP contribution in [0.15, 0.2) is 42.5 Å². The number of nitrogens with zero attached hydrogens (tertiary/aromatic N) is 2. The van der Waals surface area contributed by atoms with E-state index in [4.69, 9.17) is 14.2 Å². The summed E-state index contributed by atoms with van der Waals surface area (Å²) in [7, 11) is 0. The van der Waals surface area contributed by atoms with Crippen molar-refractivity contribution in [3.63, 3.8) is 0 Å².